The molecule has 20 heavy (non-hydrogen) atoms. The third kappa shape index (κ3) is 2.22. The van der Waals surface area contributed by atoms with Gasteiger partial charge >= 0.3 is 11.7 Å². The van der Waals surface area contributed by atoms with Crippen molar-refractivity contribution in [3.8, 4) is 0 Å². The lowest BCUT2D eigenvalue weighted by atomic mass is 10.1. The predicted molar refractivity (Wildman–Crippen MR) is 72.6 cm³/mol. The van der Waals surface area contributed by atoms with Gasteiger partial charge in [0, 0.05) is 20.3 Å². The van der Waals surface area contributed by atoms with Crippen LogP contribution >= 0.6 is 0 Å². The summed E-state index contributed by atoms with van der Waals surface area (Å²) >= 11 is 0. The molecule has 0 fully saturated rings. The van der Waals surface area contributed by atoms with Gasteiger partial charge in [-0.25, -0.2) is 4.79 Å². The summed E-state index contributed by atoms with van der Waals surface area (Å²) in [5, 5.41) is 0.269. The molecule has 0 spiro atoms. The van der Waals surface area contributed by atoms with Crippen molar-refractivity contribution in [2.24, 2.45) is 14.1 Å². The van der Waals surface area contributed by atoms with E-state index in [-0.39, 0.29) is 18.4 Å². The van der Waals surface area contributed by atoms with Crippen LogP contribution in [0, 0.1) is 0 Å². The maximum Gasteiger partial charge on any atom is 0.330 e. The van der Waals surface area contributed by atoms with Crippen LogP contribution in [0.5, 0.6) is 0 Å². The SMILES string of the molecule is CCOC(=O)Cc1nccc2c1c(=O)n(C)c(=O)n2C. The lowest BCUT2D eigenvalue weighted by molar-refractivity contribution is -0.142. The lowest BCUT2D eigenvalue weighted by Gasteiger charge is -2.10. The van der Waals surface area contributed by atoms with Gasteiger partial charge in [-0.3, -0.25) is 23.7 Å². The summed E-state index contributed by atoms with van der Waals surface area (Å²) in [4.78, 5) is 39.7. The molecule has 2 aromatic rings. The van der Waals surface area contributed by atoms with E-state index in [4.69, 9.17) is 4.74 Å². The van der Waals surface area contributed by atoms with Crippen LogP contribution in [0.4, 0.5) is 0 Å². The maximum atomic E-state index is 12.2. The van der Waals surface area contributed by atoms with Crippen molar-refractivity contribution in [1.29, 1.82) is 0 Å². The number of hydrogen-bond acceptors (Lipinski definition) is 5. The van der Waals surface area contributed by atoms with Gasteiger partial charge in [-0.15, -0.1) is 0 Å². The van der Waals surface area contributed by atoms with E-state index in [2.05, 4.69) is 4.98 Å². The fourth-order valence-electron chi connectivity index (χ4n) is 2.07. The normalized spacial score (nSPS) is 10.8. The average molecular weight is 277 g/mol. The van der Waals surface area contributed by atoms with Crippen molar-refractivity contribution >= 4 is 16.9 Å². The molecule has 0 aliphatic rings. The van der Waals surface area contributed by atoms with Crippen LogP contribution in [0.3, 0.4) is 0 Å². The smallest absolute Gasteiger partial charge is 0.330 e. The van der Waals surface area contributed by atoms with Crippen LogP contribution in [0.2, 0.25) is 0 Å². The molecular formula is C13H15N3O4. The number of ether oxygens (including phenoxy) is 1. The monoisotopic (exact) mass is 277 g/mol. The predicted octanol–water partition coefficient (Wildman–Crippen LogP) is -0.262. The van der Waals surface area contributed by atoms with Crippen molar-refractivity contribution in [2.75, 3.05) is 6.61 Å². The molecular weight excluding hydrogens is 262 g/mol. The van der Waals surface area contributed by atoms with Gasteiger partial charge in [0.25, 0.3) is 5.56 Å². The minimum atomic E-state index is -0.463. The summed E-state index contributed by atoms with van der Waals surface area (Å²) in [5.74, 6) is -0.455. The second kappa shape index (κ2) is 5.28. The molecule has 0 saturated carbocycles. The number of aryl methyl sites for hydroxylation is 1. The van der Waals surface area contributed by atoms with Gasteiger partial charge in [-0.05, 0) is 13.0 Å². The zero-order valence-corrected chi connectivity index (χ0v) is 11.5. The van der Waals surface area contributed by atoms with E-state index in [0.717, 1.165) is 4.57 Å². The first-order valence-corrected chi connectivity index (χ1v) is 6.16. The molecule has 0 radical (unpaired) electrons. The highest BCUT2D eigenvalue weighted by atomic mass is 16.5. The van der Waals surface area contributed by atoms with Crippen LogP contribution in [-0.2, 0) is 30.0 Å². The molecule has 0 atom stereocenters. The van der Waals surface area contributed by atoms with E-state index in [1.54, 1.807) is 20.0 Å². The van der Waals surface area contributed by atoms with Crippen molar-refractivity contribution in [3.05, 3.63) is 38.8 Å². The Hall–Kier alpha value is -2.44. The molecule has 0 N–H and O–H groups in total. The zero-order chi connectivity index (χ0) is 14.9. The number of aromatic nitrogens is 3. The number of rotatable bonds is 3. The summed E-state index contributed by atoms with van der Waals surface area (Å²) in [6, 6.07) is 1.58. The van der Waals surface area contributed by atoms with Gasteiger partial charge in [0.05, 0.1) is 29.6 Å². The second-order valence-electron chi connectivity index (χ2n) is 4.34. The van der Waals surface area contributed by atoms with E-state index in [1.165, 1.54) is 17.8 Å². The molecule has 7 heteroatoms. The minimum absolute atomic E-state index is 0.0986. The molecule has 0 aromatic carbocycles. The topological polar surface area (TPSA) is 83.2 Å². The van der Waals surface area contributed by atoms with E-state index in [0.29, 0.717) is 11.2 Å². The molecule has 106 valence electrons. The zero-order valence-electron chi connectivity index (χ0n) is 11.5. The molecule has 2 aromatic heterocycles. The first-order valence-electron chi connectivity index (χ1n) is 6.16. The molecule has 0 bridgehead atoms. The molecule has 0 amide bonds. The highest BCUT2D eigenvalue weighted by Gasteiger charge is 2.15. The molecule has 0 unspecified atom stereocenters. The van der Waals surface area contributed by atoms with Gasteiger partial charge in [0.2, 0.25) is 0 Å². The Labute approximate surface area is 114 Å². The number of pyridine rings is 1. The number of nitrogens with zero attached hydrogens (tertiary/aromatic N) is 3. The van der Waals surface area contributed by atoms with Crippen LogP contribution in [0.15, 0.2) is 21.9 Å². The van der Waals surface area contributed by atoms with Gasteiger partial charge in [0.1, 0.15) is 0 Å². The molecule has 7 nitrogen and oxygen atoms in total. The van der Waals surface area contributed by atoms with E-state index in [1.807, 2.05) is 0 Å². The number of hydrogen-bond donors (Lipinski definition) is 0. The Morgan fingerprint density at radius 2 is 2.00 bits per heavy atom. The Morgan fingerprint density at radius 1 is 1.30 bits per heavy atom. The van der Waals surface area contributed by atoms with Crippen molar-refractivity contribution in [3.63, 3.8) is 0 Å². The van der Waals surface area contributed by atoms with E-state index >= 15 is 0 Å². The van der Waals surface area contributed by atoms with Crippen LogP contribution in [0.25, 0.3) is 10.9 Å². The van der Waals surface area contributed by atoms with Crippen molar-refractivity contribution < 1.29 is 9.53 Å². The Balaban J connectivity index is 2.72. The molecule has 2 heterocycles. The number of esters is 1. The van der Waals surface area contributed by atoms with Gasteiger partial charge in [-0.1, -0.05) is 0 Å². The second-order valence-corrected chi connectivity index (χ2v) is 4.34. The van der Waals surface area contributed by atoms with Gasteiger partial charge in [0.15, 0.2) is 0 Å². The standard InChI is InChI=1S/C13H15N3O4/c1-4-20-10(17)7-8-11-9(5-6-14-8)15(2)13(19)16(3)12(11)18/h5-6H,4,7H2,1-3H3. The molecule has 0 aliphatic heterocycles. The number of carbonyl (C=O) groups is 1. The Bertz CT molecular complexity index is 789. The summed E-state index contributed by atoms with van der Waals surface area (Å²) in [5.41, 5.74) is -0.115. The van der Waals surface area contributed by atoms with Gasteiger partial charge < -0.3 is 4.74 Å². The molecule has 0 saturated heterocycles. The maximum absolute atomic E-state index is 12.2. The fraction of sp³-hybridized carbons (Fsp3) is 0.385. The van der Waals surface area contributed by atoms with Crippen molar-refractivity contribution in [2.45, 2.75) is 13.3 Å². The first kappa shape index (κ1) is 14.0. The minimum Gasteiger partial charge on any atom is -0.466 e. The highest BCUT2D eigenvalue weighted by Crippen LogP contribution is 2.11. The van der Waals surface area contributed by atoms with E-state index in [9.17, 15) is 14.4 Å². The van der Waals surface area contributed by atoms with Gasteiger partial charge in [-0.2, -0.15) is 0 Å². The quantitative estimate of drug-likeness (QED) is 0.722. The largest absolute Gasteiger partial charge is 0.466 e. The fourth-order valence-corrected chi connectivity index (χ4v) is 2.07. The summed E-state index contributed by atoms with van der Waals surface area (Å²) in [6.45, 7) is 1.97. The average Bonchev–Trinajstić information content (AvgIpc) is 2.43. The third-order valence-corrected chi connectivity index (χ3v) is 3.08. The lowest BCUT2D eigenvalue weighted by Crippen LogP contribution is -2.37. The van der Waals surface area contributed by atoms with E-state index < -0.39 is 17.2 Å². The van der Waals surface area contributed by atoms with Crippen LogP contribution in [0.1, 0.15) is 12.6 Å². The molecule has 0 aliphatic carbocycles. The number of carbonyl (C=O) groups excluding carboxylic acids is 1. The number of fused-ring (bicyclic) bond motifs is 1. The summed E-state index contributed by atoms with van der Waals surface area (Å²) in [6.07, 6.45) is 1.37. The Morgan fingerprint density at radius 3 is 2.65 bits per heavy atom. The Kier molecular flexibility index (Phi) is 3.69. The summed E-state index contributed by atoms with van der Waals surface area (Å²) < 4.78 is 7.22. The van der Waals surface area contributed by atoms with Crippen LogP contribution in [-0.4, -0.2) is 26.7 Å². The highest BCUT2D eigenvalue weighted by molar-refractivity contribution is 5.84. The third-order valence-electron chi connectivity index (χ3n) is 3.08. The summed E-state index contributed by atoms with van der Waals surface area (Å²) in [7, 11) is 2.96. The van der Waals surface area contributed by atoms with Crippen LogP contribution < -0.4 is 11.2 Å². The van der Waals surface area contributed by atoms with Crippen molar-refractivity contribution in [1.82, 2.24) is 14.1 Å². The first-order chi connectivity index (χ1) is 9.47. The molecule has 2 rings (SSSR count).